The van der Waals surface area contributed by atoms with E-state index in [1.54, 1.807) is 36.4 Å². The van der Waals surface area contributed by atoms with E-state index >= 15 is 0 Å². The van der Waals surface area contributed by atoms with E-state index in [-0.39, 0.29) is 17.0 Å². The number of benzene rings is 3. The number of aromatic nitrogens is 2. The molecule has 162 valence electrons. The van der Waals surface area contributed by atoms with Gasteiger partial charge in [0.1, 0.15) is 0 Å². The van der Waals surface area contributed by atoms with Crippen LogP contribution in [0.2, 0.25) is 0 Å². The molecule has 3 aromatic carbocycles. The monoisotopic (exact) mass is 435 g/mol. The number of halogens is 3. The first-order valence-corrected chi connectivity index (χ1v) is 10.4. The Hall–Kier alpha value is -3.45. The molecule has 1 aromatic heterocycles. The molecule has 0 atom stereocenters. The van der Waals surface area contributed by atoms with Gasteiger partial charge < -0.3 is 9.84 Å². The molecule has 4 aromatic rings. The van der Waals surface area contributed by atoms with Crippen LogP contribution < -0.4 is 5.32 Å². The van der Waals surface area contributed by atoms with Gasteiger partial charge in [0.15, 0.2) is 0 Å². The van der Waals surface area contributed by atoms with Gasteiger partial charge in [0.05, 0.1) is 5.56 Å². The molecule has 7 heteroatoms. The van der Waals surface area contributed by atoms with Crippen LogP contribution in [0.4, 0.5) is 13.2 Å². The maximum atomic E-state index is 13.8. The first-order chi connectivity index (χ1) is 15.5. The number of alkyl halides is 3. The first-order valence-electron chi connectivity index (χ1n) is 10.4. The first kappa shape index (κ1) is 20.5. The van der Waals surface area contributed by atoms with Crippen molar-refractivity contribution in [2.45, 2.75) is 19.0 Å². The number of nitrogens with one attached hydrogen (secondary N) is 1. The van der Waals surface area contributed by atoms with Crippen LogP contribution in [0.25, 0.3) is 34.0 Å². The molecule has 0 amide bonds. The molecule has 4 nitrogen and oxygen atoms in total. The SMILES string of the molecule is FC(F)(F)c1cc(-c2nc(-c3ccc4c(c3)CCNCC4)no2)ccc1-c1ccccc1. The highest BCUT2D eigenvalue weighted by Crippen LogP contribution is 2.39. The van der Waals surface area contributed by atoms with Gasteiger partial charge in [0.2, 0.25) is 5.82 Å². The summed E-state index contributed by atoms with van der Waals surface area (Å²) in [4.78, 5) is 4.39. The highest BCUT2D eigenvalue weighted by Gasteiger charge is 2.34. The molecule has 0 saturated carbocycles. The van der Waals surface area contributed by atoms with Crippen molar-refractivity contribution in [3.63, 3.8) is 0 Å². The van der Waals surface area contributed by atoms with E-state index < -0.39 is 11.7 Å². The summed E-state index contributed by atoms with van der Waals surface area (Å²) in [5.74, 6) is 0.419. The molecule has 5 rings (SSSR count). The standard InChI is InChI=1S/C25H20F3N3O/c26-25(27,28)22-15-20(8-9-21(22)17-4-2-1-3-5-17)24-30-23(31-32-24)19-7-6-16-10-12-29-13-11-18(16)14-19/h1-9,14-15,29H,10-13H2. The van der Waals surface area contributed by atoms with E-state index in [2.05, 4.69) is 21.5 Å². The van der Waals surface area contributed by atoms with Crippen molar-refractivity contribution in [1.29, 1.82) is 0 Å². The molecule has 0 aliphatic carbocycles. The summed E-state index contributed by atoms with van der Waals surface area (Å²) in [6.07, 6.45) is -2.65. The average molecular weight is 435 g/mol. The van der Waals surface area contributed by atoms with E-state index in [1.807, 2.05) is 12.1 Å². The summed E-state index contributed by atoms with van der Waals surface area (Å²) in [6, 6.07) is 18.6. The zero-order valence-electron chi connectivity index (χ0n) is 17.1. The Balaban J connectivity index is 1.51. The van der Waals surface area contributed by atoms with Gasteiger partial charge in [-0.1, -0.05) is 53.7 Å². The summed E-state index contributed by atoms with van der Waals surface area (Å²) in [5.41, 5.74) is 3.41. The minimum Gasteiger partial charge on any atom is -0.334 e. The molecule has 0 unspecified atom stereocenters. The summed E-state index contributed by atoms with van der Waals surface area (Å²) in [6.45, 7) is 1.85. The molecule has 0 bridgehead atoms. The van der Waals surface area contributed by atoms with Gasteiger partial charge in [0.25, 0.3) is 5.89 Å². The lowest BCUT2D eigenvalue weighted by Gasteiger charge is -2.14. The molecule has 0 saturated heterocycles. The van der Waals surface area contributed by atoms with Crippen LogP contribution in [0.5, 0.6) is 0 Å². The Morgan fingerprint density at radius 2 is 1.53 bits per heavy atom. The van der Waals surface area contributed by atoms with Gasteiger partial charge in [-0.3, -0.25) is 0 Å². The highest BCUT2D eigenvalue weighted by atomic mass is 19.4. The van der Waals surface area contributed by atoms with Crippen molar-refractivity contribution >= 4 is 0 Å². The minimum absolute atomic E-state index is 0.0571. The van der Waals surface area contributed by atoms with Crippen molar-refractivity contribution in [2.75, 3.05) is 13.1 Å². The Kier molecular flexibility index (Phi) is 5.27. The van der Waals surface area contributed by atoms with E-state index in [4.69, 9.17) is 4.52 Å². The van der Waals surface area contributed by atoms with E-state index in [1.165, 1.54) is 17.2 Å². The molecule has 2 heterocycles. The zero-order valence-corrected chi connectivity index (χ0v) is 17.1. The second-order valence-electron chi connectivity index (χ2n) is 7.78. The van der Waals surface area contributed by atoms with Crippen LogP contribution in [0, 0.1) is 0 Å². The zero-order chi connectivity index (χ0) is 22.1. The fraction of sp³-hybridized carbons (Fsp3) is 0.200. The van der Waals surface area contributed by atoms with Crippen LogP contribution in [0.15, 0.2) is 71.3 Å². The summed E-state index contributed by atoms with van der Waals surface area (Å²) in [7, 11) is 0. The van der Waals surface area contributed by atoms with Crippen molar-refractivity contribution in [3.8, 4) is 34.0 Å². The lowest BCUT2D eigenvalue weighted by atomic mass is 9.97. The molecule has 0 spiro atoms. The normalized spacial score (nSPS) is 14.1. The molecule has 1 aliphatic rings. The fourth-order valence-electron chi connectivity index (χ4n) is 4.05. The van der Waals surface area contributed by atoms with Crippen molar-refractivity contribution in [1.82, 2.24) is 15.5 Å². The molecule has 1 aliphatic heterocycles. The van der Waals surface area contributed by atoms with Gasteiger partial charge in [-0.15, -0.1) is 0 Å². The maximum Gasteiger partial charge on any atom is 0.417 e. The maximum absolute atomic E-state index is 13.8. The summed E-state index contributed by atoms with van der Waals surface area (Å²) < 4.78 is 46.8. The predicted octanol–water partition coefficient (Wildman–Crippen LogP) is 5.78. The van der Waals surface area contributed by atoms with Gasteiger partial charge in [0, 0.05) is 11.1 Å². The topological polar surface area (TPSA) is 51.0 Å². The molecular weight excluding hydrogens is 415 g/mol. The lowest BCUT2D eigenvalue weighted by molar-refractivity contribution is -0.137. The van der Waals surface area contributed by atoms with E-state index in [0.29, 0.717) is 11.4 Å². The van der Waals surface area contributed by atoms with Gasteiger partial charge in [-0.25, -0.2) is 0 Å². The van der Waals surface area contributed by atoms with Gasteiger partial charge in [-0.2, -0.15) is 18.2 Å². The van der Waals surface area contributed by atoms with E-state index in [0.717, 1.165) is 37.6 Å². The third-order valence-electron chi connectivity index (χ3n) is 5.69. The Bertz CT molecular complexity index is 1250. The van der Waals surface area contributed by atoms with Gasteiger partial charge in [-0.05, 0) is 66.4 Å². The van der Waals surface area contributed by atoms with Crippen molar-refractivity contribution in [2.24, 2.45) is 0 Å². The fourth-order valence-corrected chi connectivity index (χ4v) is 4.05. The second kappa shape index (κ2) is 8.24. The summed E-state index contributed by atoms with van der Waals surface area (Å²) in [5, 5.41) is 7.40. The van der Waals surface area contributed by atoms with Gasteiger partial charge >= 0.3 is 6.18 Å². The average Bonchev–Trinajstić information content (AvgIpc) is 3.18. The van der Waals surface area contributed by atoms with E-state index in [9.17, 15) is 13.2 Å². The van der Waals surface area contributed by atoms with Crippen LogP contribution in [-0.4, -0.2) is 23.2 Å². The number of nitrogens with zero attached hydrogens (tertiary/aromatic N) is 2. The Morgan fingerprint density at radius 3 is 2.31 bits per heavy atom. The van der Waals surface area contributed by atoms with Crippen LogP contribution in [0.3, 0.4) is 0 Å². The molecule has 32 heavy (non-hydrogen) atoms. The van der Waals surface area contributed by atoms with Crippen LogP contribution >= 0.6 is 0 Å². The number of hydrogen-bond donors (Lipinski definition) is 1. The largest absolute Gasteiger partial charge is 0.417 e. The quantitative estimate of drug-likeness (QED) is 0.443. The third-order valence-corrected chi connectivity index (χ3v) is 5.69. The molecule has 0 fully saturated rings. The molecule has 0 radical (unpaired) electrons. The predicted molar refractivity (Wildman–Crippen MR) is 116 cm³/mol. The second-order valence-corrected chi connectivity index (χ2v) is 7.78. The smallest absolute Gasteiger partial charge is 0.334 e. The lowest BCUT2D eigenvalue weighted by Crippen LogP contribution is -2.16. The molecular formula is C25H20F3N3O. The minimum atomic E-state index is -4.52. The number of fused-ring (bicyclic) bond motifs is 1. The number of rotatable bonds is 3. The van der Waals surface area contributed by atoms with Crippen LogP contribution in [-0.2, 0) is 19.0 Å². The third kappa shape index (κ3) is 4.03. The Morgan fingerprint density at radius 1 is 0.781 bits per heavy atom. The van der Waals surface area contributed by atoms with Crippen LogP contribution in [0.1, 0.15) is 16.7 Å². The molecule has 1 N–H and O–H groups in total. The van der Waals surface area contributed by atoms with Crippen molar-refractivity contribution < 1.29 is 17.7 Å². The summed E-state index contributed by atoms with van der Waals surface area (Å²) >= 11 is 0. The van der Waals surface area contributed by atoms with Crippen molar-refractivity contribution in [3.05, 3.63) is 83.4 Å². The highest BCUT2D eigenvalue weighted by molar-refractivity contribution is 5.72. The Labute approximate surface area is 183 Å². The number of hydrogen-bond acceptors (Lipinski definition) is 4.